The summed E-state index contributed by atoms with van der Waals surface area (Å²) in [4.78, 5) is 38.2. The molecule has 0 saturated carbocycles. The van der Waals surface area contributed by atoms with Gasteiger partial charge in [0, 0.05) is 48.9 Å². The Morgan fingerprint density at radius 3 is 2.36 bits per heavy atom. The minimum Gasteiger partial charge on any atom is -0.366 e. The minimum atomic E-state index is -0.502. The summed E-state index contributed by atoms with van der Waals surface area (Å²) >= 11 is 0. The standard InChI is InChI=1S/C20H20FN3O4/c1-13-16(4-3-5-18(13)24(27)28)20(26)23-10-8-22(9-11-23)19-7-6-15(14(2)25)12-17(19)21/h3-7,12H,8-11H2,1-2H3. The highest BCUT2D eigenvalue weighted by Crippen LogP contribution is 2.25. The first-order valence-electron chi connectivity index (χ1n) is 8.88. The fourth-order valence-electron chi connectivity index (χ4n) is 3.36. The van der Waals surface area contributed by atoms with Crippen LogP contribution in [0.5, 0.6) is 0 Å². The third-order valence-corrected chi connectivity index (χ3v) is 4.99. The topological polar surface area (TPSA) is 83.8 Å². The molecule has 1 aliphatic heterocycles. The number of carbonyl (C=O) groups is 2. The van der Waals surface area contributed by atoms with Crippen molar-refractivity contribution < 1.29 is 18.9 Å². The van der Waals surface area contributed by atoms with Crippen LogP contribution in [0.4, 0.5) is 15.8 Å². The Morgan fingerprint density at radius 2 is 1.79 bits per heavy atom. The third kappa shape index (κ3) is 3.71. The summed E-state index contributed by atoms with van der Waals surface area (Å²) < 4.78 is 14.4. The normalized spacial score (nSPS) is 14.1. The van der Waals surface area contributed by atoms with Gasteiger partial charge in [0.05, 0.1) is 10.6 Å². The van der Waals surface area contributed by atoms with Crippen LogP contribution in [0.25, 0.3) is 0 Å². The summed E-state index contributed by atoms with van der Waals surface area (Å²) in [6.45, 7) is 4.54. The summed E-state index contributed by atoms with van der Waals surface area (Å²) in [7, 11) is 0. The van der Waals surface area contributed by atoms with Crippen molar-refractivity contribution in [2.75, 3.05) is 31.1 Å². The summed E-state index contributed by atoms with van der Waals surface area (Å²) in [5.41, 5.74) is 1.27. The first kappa shape index (κ1) is 19.5. The number of carbonyl (C=O) groups excluding carboxylic acids is 2. The molecule has 0 aliphatic carbocycles. The average Bonchev–Trinajstić information content (AvgIpc) is 2.67. The maximum atomic E-state index is 14.4. The molecule has 2 aromatic carbocycles. The molecule has 0 aromatic heterocycles. The van der Waals surface area contributed by atoms with Gasteiger partial charge in [-0.15, -0.1) is 0 Å². The van der Waals surface area contributed by atoms with Gasteiger partial charge in [-0.1, -0.05) is 6.07 Å². The van der Waals surface area contributed by atoms with Crippen LogP contribution in [0.1, 0.15) is 33.2 Å². The maximum absolute atomic E-state index is 14.4. The lowest BCUT2D eigenvalue weighted by Crippen LogP contribution is -2.49. The Hall–Kier alpha value is -3.29. The van der Waals surface area contributed by atoms with E-state index in [1.54, 1.807) is 30.0 Å². The van der Waals surface area contributed by atoms with E-state index in [1.807, 2.05) is 4.90 Å². The average molecular weight is 385 g/mol. The highest BCUT2D eigenvalue weighted by Gasteiger charge is 2.26. The molecule has 1 aliphatic rings. The van der Waals surface area contributed by atoms with Crippen molar-refractivity contribution in [1.82, 2.24) is 4.90 Å². The zero-order valence-electron chi connectivity index (χ0n) is 15.6. The van der Waals surface area contributed by atoms with E-state index in [-0.39, 0.29) is 17.4 Å². The highest BCUT2D eigenvalue weighted by molar-refractivity contribution is 5.97. The second-order valence-electron chi connectivity index (χ2n) is 6.71. The number of nitro benzene ring substituents is 1. The summed E-state index contributed by atoms with van der Waals surface area (Å²) in [5.74, 6) is -0.941. The van der Waals surface area contributed by atoms with E-state index in [0.29, 0.717) is 48.6 Å². The molecule has 146 valence electrons. The van der Waals surface area contributed by atoms with E-state index >= 15 is 0 Å². The van der Waals surface area contributed by atoms with Crippen LogP contribution in [-0.4, -0.2) is 47.7 Å². The van der Waals surface area contributed by atoms with E-state index in [2.05, 4.69) is 0 Å². The summed E-state index contributed by atoms with van der Waals surface area (Å²) in [6.07, 6.45) is 0. The van der Waals surface area contributed by atoms with Gasteiger partial charge < -0.3 is 9.80 Å². The van der Waals surface area contributed by atoms with Crippen LogP contribution in [0.15, 0.2) is 36.4 Å². The molecule has 1 amide bonds. The number of hydrogen-bond acceptors (Lipinski definition) is 5. The maximum Gasteiger partial charge on any atom is 0.273 e. The van der Waals surface area contributed by atoms with Crippen LogP contribution in [0.3, 0.4) is 0 Å². The molecule has 7 nitrogen and oxygen atoms in total. The Morgan fingerprint density at radius 1 is 1.11 bits per heavy atom. The third-order valence-electron chi connectivity index (χ3n) is 4.99. The highest BCUT2D eigenvalue weighted by atomic mass is 19.1. The fraction of sp³-hybridized carbons (Fsp3) is 0.300. The zero-order chi connectivity index (χ0) is 20.4. The Bertz CT molecular complexity index is 952. The van der Waals surface area contributed by atoms with Gasteiger partial charge in [-0.3, -0.25) is 19.7 Å². The summed E-state index contributed by atoms with van der Waals surface area (Å²) in [6, 6.07) is 8.84. The predicted molar refractivity (Wildman–Crippen MR) is 102 cm³/mol. The molecule has 2 aromatic rings. The van der Waals surface area contributed by atoms with Gasteiger partial charge in [0.25, 0.3) is 11.6 Å². The van der Waals surface area contributed by atoms with Gasteiger partial charge in [0.2, 0.25) is 0 Å². The molecule has 8 heteroatoms. The minimum absolute atomic E-state index is 0.0860. The summed E-state index contributed by atoms with van der Waals surface area (Å²) in [5, 5.41) is 11.1. The van der Waals surface area contributed by atoms with Crippen molar-refractivity contribution in [3.05, 3.63) is 69.0 Å². The lowest BCUT2D eigenvalue weighted by atomic mass is 10.0. The number of rotatable bonds is 4. The Kier molecular flexibility index (Phi) is 5.39. The van der Waals surface area contributed by atoms with E-state index < -0.39 is 10.7 Å². The van der Waals surface area contributed by atoms with Gasteiger partial charge >= 0.3 is 0 Å². The largest absolute Gasteiger partial charge is 0.366 e. The van der Waals surface area contributed by atoms with E-state index in [4.69, 9.17) is 0 Å². The van der Waals surface area contributed by atoms with Crippen LogP contribution in [0, 0.1) is 22.9 Å². The molecule has 1 fully saturated rings. The van der Waals surface area contributed by atoms with Crippen LogP contribution in [-0.2, 0) is 0 Å². The molecule has 28 heavy (non-hydrogen) atoms. The molecule has 0 radical (unpaired) electrons. The molecule has 0 unspecified atom stereocenters. The molecule has 3 rings (SSSR count). The van der Waals surface area contributed by atoms with Crippen molar-refractivity contribution in [2.24, 2.45) is 0 Å². The lowest BCUT2D eigenvalue weighted by Gasteiger charge is -2.36. The van der Waals surface area contributed by atoms with Crippen LogP contribution in [0.2, 0.25) is 0 Å². The second kappa shape index (κ2) is 7.75. The number of nitrogens with zero attached hydrogens (tertiary/aromatic N) is 3. The predicted octanol–water partition coefficient (Wildman–Crippen LogP) is 3.21. The first-order chi connectivity index (χ1) is 13.3. The number of anilines is 1. The van der Waals surface area contributed by atoms with Crippen molar-refractivity contribution in [2.45, 2.75) is 13.8 Å². The molecule has 1 heterocycles. The number of piperazine rings is 1. The first-order valence-corrected chi connectivity index (χ1v) is 8.88. The lowest BCUT2D eigenvalue weighted by molar-refractivity contribution is -0.385. The van der Waals surface area contributed by atoms with Crippen LogP contribution >= 0.6 is 0 Å². The fourth-order valence-corrected chi connectivity index (χ4v) is 3.36. The van der Waals surface area contributed by atoms with E-state index in [0.717, 1.165) is 0 Å². The monoisotopic (exact) mass is 385 g/mol. The van der Waals surface area contributed by atoms with Gasteiger partial charge in [-0.2, -0.15) is 0 Å². The van der Waals surface area contributed by atoms with E-state index in [1.165, 1.54) is 25.1 Å². The molecular weight excluding hydrogens is 365 g/mol. The van der Waals surface area contributed by atoms with Gasteiger partial charge in [-0.25, -0.2) is 4.39 Å². The van der Waals surface area contributed by atoms with E-state index in [9.17, 15) is 24.1 Å². The molecule has 0 N–H and O–H groups in total. The van der Waals surface area contributed by atoms with Crippen molar-refractivity contribution in [3.63, 3.8) is 0 Å². The quantitative estimate of drug-likeness (QED) is 0.458. The molecule has 0 atom stereocenters. The van der Waals surface area contributed by atoms with Crippen molar-refractivity contribution >= 4 is 23.1 Å². The molecule has 0 bridgehead atoms. The Balaban J connectivity index is 1.72. The van der Waals surface area contributed by atoms with Gasteiger partial charge in [0.1, 0.15) is 5.82 Å². The molecule has 1 saturated heterocycles. The second-order valence-corrected chi connectivity index (χ2v) is 6.71. The number of ketones is 1. The van der Waals surface area contributed by atoms with Crippen LogP contribution < -0.4 is 4.90 Å². The zero-order valence-corrected chi connectivity index (χ0v) is 15.6. The number of benzene rings is 2. The Labute approximate surface area is 161 Å². The molecule has 0 spiro atoms. The van der Waals surface area contributed by atoms with Crippen molar-refractivity contribution in [1.29, 1.82) is 0 Å². The number of halogens is 1. The SMILES string of the molecule is CC(=O)c1ccc(N2CCN(C(=O)c3cccc([N+](=O)[O-])c3C)CC2)c(F)c1. The smallest absolute Gasteiger partial charge is 0.273 e. The van der Waals surface area contributed by atoms with Gasteiger partial charge in [-0.05, 0) is 38.1 Å². The number of amides is 1. The number of Topliss-reactive ketones (excluding diaryl/α,β-unsaturated/α-hetero) is 1. The molecular formula is C20H20FN3O4. The number of nitro groups is 1. The van der Waals surface area contributed by atoms with Gasteiger partial charge in [0.15, 0.2) is 5.78 Å². The number of hydrogen-bond donors (Lipinski definition) is 0. The van der Waals surface area contributed by atoms with Crippen molar-refractivity contribution in [3.8, 4) is 0 Å².